The third kappa shape index (κ3) is 13.7. The van der Waals surface area contributed by atoms with E-state index in [1.165, 1.54) is 35.3 Å². The topological polar surface area (TPSA) is 380 Å². The summed E-state index contributed by atoms with van der Waals surface area (Å²) in [6.07, 6.45) is 0.818. The van der Waals surface area contributed by atoms with Crippen molar-refractivity contribution in [3.8, 4) is 32.7 Å². The van der Waals surface area contributed by atoms with Crippen molar-refractivity contribution in [3.63, 3.8) is 0 Å². The molecule has 1 aliphatic rings. The van der Waals surface area contributed by atoms with Gasteiger partial charge in [-0.1, -0.05) is 43.1 Å². The summed E-state index contributed by atoms with van der Waals surface area (Å²) in [6, 6.07) is 5.35. The number of carboxylic acid groups (broad SMARTS) is 2. The Hall–Kier alpha value is -8.98. The molecule has 0 radical (unpaired) electrons. The summed E-state index contributed by atoms with van der Waals surface area (Å²) < 4.78 is 0. The number of carbonyl (C=O) groups is 9. The molecule has 85 heavy (non-hydrogen) atoms. The van der Waals surface area contributed by atoms with Gasteiger partial charge in [0, 0.05) is 50.2 Å². The third-order valence-electron chi connectivity index (χ3n) is 12.7. The molecule has 8 aromatic rings. The molecular formula is C54H47N13O12S6. The molecule has 0 aliphatic carbocycles. The molecule has 31 heteroatoms. The maximum Gasteiger partial charge on any atom is 0.351 e. The van der Waals surface area contributed by atoms with Gasteiger partial charge in [-0.05, 0) is 63.4 Å². The zero-order chi connectivity index (χ0) is 61.0. The average molecular weight is 1260 g/mol. The van der Waals surface area contributed by atoms with Crippen molar-refractivity contribution in [2.24, 2.45) is 0 Å². The summed E-state index contributed by atoms with van der Waals surface area (Å²) in [5.41, 5.74) is 2.39. The van der Waals surface area contributed by atoms with Gasteiger partial charge in [0.15, 0.2) is 0 Å². The van der Waals surface area contributed by atoms with Crippen LogP contribution in [0.1, 0.15) is 117 Å². The van der Waals surface area contributed by atoms with Crippen LogP contribution < -0.4 is 31.9 Å². The number of fused-ring (bicyclic) bond motifs is 12. The summed E-state index contributed by atoms with van der Waals surface area (Å²) in [7, 11) is 0. The summed E-state index contributed by atoms with van der Waals surface area (Å²) in [6.45, 7) is 13.4. The van der Waals surface area contributed by atoms with Gasteiger partial charge in [0.05, 0.1) is 47.2 Å². The minimum absolute atomic E-state index is 0.0610. The van der Waals surface area contributed by atoms with Crippen molar-refractivity contribution in [1.82, 2.24) is 66.8 Å². The highest BCUT2D eigenvalue weighted by Gasteiger charge is 2.32. The van der Waals surface area contributed by atoms with Crippen molar-refractivity contribution in [1.29, 1.82) is 0 Å². The molecule has 8 bridgehead atoms. The second-order valence-electron chi connectivity index (χ2n) is 18.6. The number of benzene rings is 1. The van der Waals surface area contributed by atoms with E-state index in [1.54, 1.807) is 24.4 Å². The van der Waals surface area contributed by atoms with E-state index in [9.17, 15) is 53.4 Å². The number of H-pyrrole nitrogens is 1. The lowest BCUT2D eigenvalue weighted by atomic mass is 10.1. The Balaban J connectivity index is 1.12. The smallest absolute Gasteiger partial charge is 0.351 e. The van der Waals surface area contributed by atoms with Crippen molar-refractivity contribution in [2.75, 3.05) is 5.75 Å². The largest absolute Gasteiger partial charge is 0.481 e. The molecule has 10 N–H and O–H groups in total. The number of carbonyl (C=O) groups excluding carboxylic acids is 7. The maximum atomic E-state index is 14.5. The van der Waals surface area contributed by atoms with E-state index >= 15 is 0 Å². The first-order valence-corrected chi connectivity index (χ1v) is 30.5. The highest BCUT2D eigenvalue weighted by Crippen LogP contribution is 2.38. The number of allylic oxidation sites excluding steroid dienone is 1. The number of thioether (sulfide) groups is 1. The molecule has 436 valence electrons. The molecule has 25 nitrogen and oxygen atoms in total. The van der Waals surface area contributed by atoms with E-state index in [0.29, 0.717) is 16.3 Å². The molecule has 1 aromatic carbocycles. The summed E-state index contributed by atoms with van der Waals surface area (Å²) >= 11 is 5.98. The van der Waals surface area contributed by atoms with Crippen molar-refractivity contribution in [3.05, 3.63) is 142 Å². The quantitative estimate of drug-likeness (QED) is 0.0532. The molecule has 4 atom stereocenters. The van der Waals surface area contributed by atoms with Gasteiger partial charge in [0.1, 0.15) is 70.1 Å². The fourth-order valence-corrected chi connectivity index (χ4v) is 13.6. The molecule has 0 saturated carbocycles. The van der Waals surface area contributed by atoms with Crippen LogP contribution in [0, 0.1) is 13.8 Å². The first-order valence-electron chi connectivity index (χ1n) is 25.2. The van der Waals surface area contributed by atoms with Crippen LogP contribution in [0.5, 0.6) is 0 Å². The van der Waals surface area contributed by atoms with Crippen LogP contribution in [0.2, 0.25) is 0 Å². The molecule has 8 heterocycles. The number of hydrogen-bond donors (Lipinski definition) is 10. The van der Waals surface area contributed by atoms with Gasteiger partial charge in [0.25, 0.3) is 29.5 Å². The van der Waals surface area contributed by atoms with E-state index in [4.69, 9.17) is 15.1 Å². The number of rotatable bonds is 13. The number of aromatic nitrogens is 7. The number of aliphatic carboxylic acids is 2. The standard InChI is InChI=1S/C54H47N13O12S6/c1-7-27-49-55-15-36(85-49)46(75)61-30(13-14-37(69)70)51-66-33(19-83-51)44(73)62-35(20-84-54(79)39-22(3)38-21(2)9-8-10-28(38)58-39)52-63-31(16-81-52)41-26(48-64-34(17-80-48)45(74)67-40(25(6)68)47(76)60-27)11-12-29(59-41)50-65-32(18-82-50)43(72)56-23(4)42(71)57-24(5)53(77)78/h7-12,15-19,25,30,35,40,58,68H,4-5,13-14,20H2,1-3,6H3,(H,56,72)(H,57,71)(H,60,76)(H,61,75)(H,62,73)(H,67,74)(H,69,70)(H,77,78)/b27-7-/t25-,30+,35+,40+/m1/s1. The number of nitrogens with one attached hydrogen (secondary N) is 7. The van der Waals surface area contributed by atoms with Gasteiger partial charge in [-0.25, -0.2) is 34.7 Å². The van der Waals surface area contributed by atoms with Crippen LogP contribution in [0.25, 0.3) is 49.3 Å². The van der Waals surface area contributed by atoms with Crippen LogP contribution in [-0.2, 0) is 19.2 Å². The molecule has 7 aromatic heterocycles. The number of thiazole rings is 5. The van der Waals surface area contributed by atoms with E-state index < -0.39 is 83.0 Å². The summed E-state index contributed by atoms with van der Waals surface area (Å²) in [4.78, 5) is 150. The minimum Gasteiger partial charge on any atom is -0.481 e. The third-order valence-corrected chi connectivity index (χ3v) is 18.3. The lowest BCUT2D eigenvalue weighted by Crippen LogP contribution is -2.52. The van der Waals surface area contributed by atoms with Gasteiger partial charge in [-0.15, -0.1) is 56.7 Å². The fourth-order valence-electron chi connectivity index (χ4n) is 8.38. The molecule has 0 fully saturated rings. The number of nitrogens with zero attached hydrogens (tertiary/aromatic N) is 6. The second kappa shape index (κ2) is 25.9. The predicted molar refractivity (Wildman–Crippen MR) is 320 cm³/mol. The van der Waals surface area contributed by atoms with Gasteiger partial charge >= 0.3 is 11.9 Å². The van der Waals surface area contributed by atoms with E-state index in [0.717, 1.165) is 90.5 Å². The highest BCUT2D eigenvalue weighted by molar-refractivity contribution is 8.14. The van der Waals surface area contributed by atoms with Crippen LogP contribution in [0.4, 0.5) is 0 Å². The normalized spacial score (nSPS) is 16.5. The number of aliphatic hydroxyl groups excluding tert-OH is 1. The van der Waals surface area contributed by atoms with Gasteiger partial charge in [-0.2, -0.15) is 0 Å². The number of pyridine rings is 1. The van der Waals surface area contributed by atoms with E-state index in [-0.39, 0.29) is 88.5 Å². The van der Waals surface area contributed by atoms with E-state index in [2.05, 4.69) is 64.7 Å². The molecule has 0 spiro atoms. The van der Waals surface area contributed by atoms with E-state index in [1.807, 2.05) is 37.4 Å². The van der Waals surface area contributed by atoms with Crippen molar-refractivity contribution >= 4 is 138 Å². The second-order valence-corrected chi connectivity index (χ2v) is 24.1. The minimum atomic E-state index is -1.54. The number of aromatic amines is 1. The van der Waals surface area contributed by atoms with Gasteiger partial charge < -0.3 is 52.2 Å². The SMILES string of the molecule is C=C(NC(=O)C(=C)NC(=O)c1csc(-c2ccc3c(n2)-c2csc(n2)[C@H](CSC(=O)c2[nH]c4cccc(C)c4c2C)NC(=O)c2csc(n2)[C@H](CCC(=O)O)NC(=O)c2cnc(s2)/C(=C/C)NC(=O)[C@H]([C@@H](C)O)NC(=O)c2csc-3n2)n1)C(=O)O. The Kier molecular flexibility index (Phi) is 18.5. The first-order chi connectivity index (χ1) is 40.6. The average Bonchev–Trinajstić information content (AvgIpc) is 2.92. The maximum absolute atomic E-state index is 14.5. The highest BCUT2D eigenvalue weighted by atomic mass is 32.2. The number of aliphatic hydroxyl groups is 1. The summed E-state index contributed by atoms with van der Waals surface area (Å²) in [5, 5.41) is 52.6. The van der Waals surface area contributed by atoms with Crippen LogP contribution >= 0.6 is 68.4 Å². The van der Waals surface area contributed by atoms with Crippen LogP contribution in [0.3, 0.4) is 0 Å². The Bertz CT molecular complexity index is 4090. The van der Waals surface area contributed by atoms with Crippen LogP contribution in [-0.4, -0.2) is 121 Å². The lowest BCUT2D eigenvalue weighted by molar-refractivity contribution is -0.137. The van der Waals surface area contributed by atoms with Gasteiger partial charge in [-0.3, -0.25) is 38.4 Å². The monoisotopic (exact) mass is 1260 g/mol. The molecule has 9 rings (SSSR count). The zero-order valence-corrected chi connectivity index (χ0v) is 49.7. The van der Waals surface area contributed by atoms with Gasteiger partial charge in [0.2, 0.25) is 11.0 Å². The molecular weight excluding hydrogens is 1220 g/mol. The Labute approximate surface area is 505 Å². The molecule has 0 unspecified atom stereocenters. The van der Waals surface area contributed by atoms with Crippen molar-refractivity contribution < 1.29 is 58.5 Å². The summed E-state index contributed by atoms with van der Waals surface area (Å²) in [5.74, 6) is -7.63. The molecule has 0 saturated heterocycles. The number of amides is 6. The fraction of sp³-hybridized carbons (Fsp3) is 0.204. The Morgan fingerprint density at radius 2 is 1.45 bits per heavy atom. The number of aryl methyl sites for hydroxylation is 2. The van der Waals surface area contributed by atoms with Crippen molar-refractivity contribution in [2.45, 2.75) is 64.8 Å². The first kappa shape index (κ1) is 60.6. The zero-order valence-electron chi connectivity index (χ0n) is 44.8. The number of hydrogen-bond acceptors (Lipinski definition) is 22. The van der Waals surface area contributed by atoms with Crippen LogP contribution in [0.15, 0.2) is 88.7 Å². The Morgan fingerprint density at radius 3 is 2.16 bits per heavy atom. The molecule has 6 amide bonds. The predicted octanol–water partition coefficient (Wildman–Crippen LogP) is 6.77. The lowest BCUT2D eigenvalue weighted by Gasteiger charge is -2.21. The Morgan fingerprint density at radius 1 is 0.765 bits per heavy atom. The number of carboxylic acids is 2. The molecule has 1 aliphatic heterocycles.